The fraction of sp³-hybridized carbons (Fsp3) is 0.400. The van der Waals surface area contributed by atoms with Crippen molar-refractivity contribution < 1.29 is 14.3 Å². The highest BCUT2D eigenvalue weighted by atomic mass is 35.5. The first-order chi connectivity index (χ1) is 9.88. The summed E-state index contributed by atoms with van der Waals surface area (Å²) in [4.78, 5) is 10.8. The molecule has 0 aliphatic carbocycles. The van der Waals surface area contributed by atoms with Crippen LogP contribution in [0.2, 0.25) is 5.02 Å². The molecule has 6 heteroatoms. The summed E-state index contributed by atoms with van der Waals surface area (Å²) in [5.74, 6) is 0.199. The van der Waals surface area contributed by atoms with E-state index in [9.17, 15) is 4.79 Å². The highest BCUT2D eigenvalue weighted by Crippen LogP contribution is 2.37. The third-order valence-electron chi connectivity index (χ3n) is 3.12. The Morgan fingerprint density at radius 1 is 1.52 bits per heavy atom. The van der Waals surface area contributed by atoms with Gasteiger partial charge in [-0.1, -0.05) is 23.3 Å². The number of nitrogens with two attached hydrogens (primary N) is 1. The number of ether oxygens (including phenoxy) is 2. The fourth-order valence-electron chi connectivity index (χ4n) is 1.72. The second-order valence-electron chi connectivity index (χ2n) is 4.69. The van der Waals surface area contributed by atoms with Crippen LogP contribution in [0.4, 0.5) is 0 Å². The Kier molecular flexibility index (Phi) is 6.52. The Balaban J connectivity index is 3.11. The largest absolute Gasteiger partial charge is 0.493 e. The molecular formula is C15H21ClN2O3. The van der Waals surface area contributed by atoms with Gasteiger partial charge in [0, 0.05) is 6.04 Å². The number of carbonyl (C=O) groups excluding carboxylic acids is 1. The van der Waals surface area contributed by atoms with Crippen molar-refractivity contribution in [2.45, 2.75) is 19.9 Å². The lowest BCUT2D eigenvalue weighted by Gasteiger charge is -2.14. The van der Waals surface area contributed by atoms with E-state index in [-0.39, 0.29) is 12.6 Å². The predicted octanol–water partition coefficient (Wildman–Crippen LogP) is 2.22. The van der Waals surface area contributed by atoms with Crippen molar-refractivity contribution in [2.75, 3.05) is 20.8 Å². The second-order valence-corrected chi connectivity index (χ2v) is 5.10. The zero-order valence-corrected chi connectivity index (χ0v) is 13.5. The molecule has 1 atom stereocenters. The number of methoxy groups -OCH3 is 1. The zero-order valence-electron chi connectivity index (χ0n) is 12.7. The van der Waals surface area contributed by atoms with Crippen LogP contribution in [0.3, 0.4) is 0 Å². The van der Waals surface area contributed by atoms with Crippen molar-refractivity contribution in [3.05, 3.63) is 28.3 Å². The molecule has 1 amide bonds. The fourth-order valence-corrected chi connectivity index (χ4v) is 2.00. The number of nitrogens with one attached hydrogen (secondary N) is 1. The van der Waals surface area contributed by atoms with Crippen LogP contribution in [0.5, 0.6) is 11.5 Å². The zero-order chi connectivity index (χ0) is 16.0. The van der Waals surface area contributed by atoms with Crippen LogP contribution in [-0.4, -0.2) is 32.7 Å². The van der Waals surface area contributed by atoms with Gasteiger partial charge in [0.1, 0.15) is 0 Å². The number of carbonyl (C=O) groups is 1. The van der Waals surface area contributed by atoms with E-state index in [4.69, 9.17) is 26.8 Å². The monoisotopic (exact) mass is 312 g/mol. The van der Waals surface area contributed by atoms with Gasteiger partial charge in [-0.3, -0.25) is 4.79 Å². The number of hydrogen-bond acceptors (Lipinski definition) is 4. The number of halogens is 1. The molecule has 1 unspecified atom stereocenters. The topological polar surface area (TPSA) is 73.6 Å². The minimum atomic E-state index is -0.573. The lowest BCUT2D eigenvalue weighted by Crippen LogP contribution is -2.22. The van der Waals surface area contributed by atoms with Crippen molar-refractivity contribution in [2.24, 2.45) is 5.73 Å². The van der Waals surface area contributed by atoms with Gasteiger partial charge < -0.3 is 20.5 Å². The number of hydrogen-bond donors (Lipinski definition) is 2. The SMILES string of the molecule is CNC(C)/C(C)=C/c1cc(Cl)c(OCC(N)=O)c(OC)c1. The maximum Gasteiger partial charge on any atom is 0.255 e. The summed E-state index contributed by atoms with van der Waals surface area (Å²) >= 11 is 6.19. The third-order valence-corrected chi connectivity index (χ3v) is 3.40. The molecule has 0 spiro atoms. The number of primary amides is 1. The third kappa shape index (κ3) is 4.95. The average molecular weight is 313 g/mol. The van der Waals surface area contributed by atoms with Gasteiger partial charge in [0.2, 0.25) is 0 Å². The van der Waals surface area contributed by atoms with Crippen molar-refractivity contribution in [1.29, 1.82) is 0 Å². The number of likely N-dealkylation sites (N-methyl/N-ethyl adjacent to an activating group) is 1. The van der Waals surface area contributed by atoms with Gasteiger partial charge in [0.25, 0.3) is 5.91 Å². The molecule has 5 nitrogen and oxygen atoms in total. The van der Waals surface area contributed by atoms with Crippen LogP contribution < -0.4 is 20.5 Å². The standard InChI is InChI=1S/C15H21ClN2O3/c1-9(10(2)18-3)5-11-6-12(16)15(13(7-11)20-4)21-8-14(17)19/h5-7,10,18H,8H2,1-4H3,(H2,17,19)/b9-5+. The highest BCUT2D eigenvalue weighted by molar-refractivity contribution is 6.32. The minimum absolute atomic E-state index is 0.249. The van der Waals surface area contributed by atoms with Crippen molar-refractivity contribution >= 4 is 23.6 Å². The van der Waals surface area contributed by atoms with Gasteiger partial charge in [-0.15, -0.1) is 0 Å². The van der Waals surface area contributed by atoms with Crippen molar-refractivity contribution in [1.82, 2.24) is 5.32 Å². The molecule has 1 rings (SSSR count). The van der Waals surface area contributed by atoms with E-state index in [1.807, 2.05) is 20.0 Å². The van der Waals surface area contributed by atoms with Crippen LogP contribution in [0.15, 0.2) is 17.7 Å². The van der Waals surface area contributed by atoms with Gasteiger partial charge in [-0.25, -0.2) is 0 Å². The lowest BCUT2D eigenvalue weighted by atomic mass is 10.1. The Morgan fingerprint density at radius 3 is 2.71 bits per heavy atom. The Morgan fingerprint density at radius 2 is 2.19 bits per heavy atom. The Hall–Kier alpha value is -1.72. The van der Waals surface area contributed by atoms with E-state index in [1.165, 1.54) is 7.11 Å². The Bertz CT molecular complexity index is 544. The normalized spacial score (nSPS) is 12.9. The summed E-state index contributed by atoms with van der Waals surface area (Å²) in [5.41, 5.74) is 7.11. The van der Waals surface area contributed by atoms with Gasteiger partial charge in [-0.05, 0) is 38.6 Å². The summed E-state index contributed by atoms with van der Waals surface area (Å²) in [5, 5.41) is 3.53. The number of rotatable bonds is 7. The maximum atomic E-state index is 10.8. The van der Waals surface area contributed by atoms with Crippen LogP contribution in [-0.2, 0) is 4.79 Å². The van der Waals surface area contributed by atoms with Gasteiger partial charge >= 0.3 is 0 Å². The summed E-state index contributed by atoms with van der Waals surface area (Å²) in [6.45, 7) is 3.84. The molecule has 0 aromatic heterocycles. The molecule has 1 aromatic carbocycles. The summed E-state index contributed by atoms with van der Waals surface area (Å²) in [7, 11) is 3.41. The van der Waals surface area contributed by atoms with E-state index < -0.39 is 5.91 Å². The summed E-state index contributed by atoms with van der Waals surface area (Å²) in [6, 6.07) is 3.81. The van der Waals surface area contributed by atoms with Gasteiger partial charge in [-0.2, -0.15) is 0 Å². The van der Waals surface area contributed by atoms with E-state index in [0.717, 1.165) is 11.1 Å². The molecule has 0 fully saturated rings. The summed E-state index contributed by atoms with van der Waals surface area (Å²) in [6.07, 6.45) is 2.01. The molecule has 1 aromatic rings. The molecule has 0 aliphatic heterocycles. The molecule has 0 aliphatic rings. The number of amides is 1. The van der Waals surface area contributed by atoms with Gasteiger partial charge in [0.05, 0.1) is 12.1 Å². The van der Waals surface area contributed by atoms with E-state index in [2.05, 4.69) is 12.2 Å². The minimum Gasteiger partial charge on any atom is -0.493 e. The molecule has 0 bridgehead atoms. The maximum absolute atomic E-state index is 10.8. The molecule has 116 valence electrons. The van der Waals surface area contributed by atoms with Crippen LogP contribution >= 0.6 is 11.6 Å². The number of benzene rings is 1. The second kappa shape index (κ2) is 7.90. The average Bonchev–Trinajstić information content (AvgIpc) is 2.44. The van der Waals surface area contributed by atoms with Crippen molar-refractivity contribution in [3.8, 4) is 11.5 Å². The van der Waals surface area contributed by atoms with E-state index in [1.54, 1.807) is 12.1 Å². The van der Waals surface area contributed by atoms with Crippen LogP contribution in [0.1, 0.15) is 19.4 Å². The van der Waals surface area contributed by atoms with Crippen LogP contribution in [0.25, 0.3) is 6.08 Å². The first-order valence-corrected chi connectivity index (χ1v) is 6.91. The molecule has 0 saturated heterocycles. The van der Waals surface area contributed by atoms with E-state index in [0.29, 0.717) is 16.5 Å². The van der Waals surface area contributed by atoms with Crippen LogP contribution in [0, 0.1) is 0 Å². The first-order valence-electron chi connectivity index (χ1n) is 6.53. The highest BCUT2D eigenvalue weighted by Gasteiger charge is 2.13. The Labute approximate surface area is 130 Å². The molecule has 21 heavy (non-hydrogen) atoms. The predicted molar refractivity (Wildman–Crippen MR) is 84.9 cm³/mol. The van der Waals surface area contributed by atoms with Gasteiger partial charge in [0.15, 0.2) is 18.1 Å². The molecule has 0 heterocycles. The smallest absolute Gasteiger partial charge is 0.255 e. The first kappa shape index (κ1) is 17.3. The molecular weight excluding hydrogens is 292 g/mol. The van der Waals surface area contributed by atoms with E-state index >= 15 is 0 Å². The molecule has 3 N–H and O–H groups in total. The molecule has 0 saturated carbocycles. The lowest BCUT2D eigenvalue weighted by molar-refractivity contribution is -0.119. The quantitative estimate of drug-likeness (QED) is 0.809. The summed E-state index contributed by atoms with van der Waals surface area (Å²) < 4.78 is 10.5. The molecule has 0 radical (unpaired) electrons. The van der Waals surface area contributed by atoms with Crippen molar-refractivity contribution in [3.63, 3.8) is 0 Å².